The summed E-state index contributed by atoms with van der Waals surface area (Å²) in [4.78, 5) is 11.2. The number of ether oxygens (including phenoxy) is 1. The molecule has 13 heavy (non-hydrogen) atoms. The highest BCUT2D eigenvalue weighted by Gasteiger charge is 2.05. The van der Waals surface area contributed by atoms with Crippen molar-refractivity contribution in [2.24, 2.45) is 0 Å². The quantitative estimate of drug-likeness (QED) is 0.649. The Hall–Kier alpha value is -1.35. The van der Waals surface area contributed by atoms with Crippen LogP contribution in [0.2, 0.25) is 0 Å². The van der Waals surface area contributed by atoms with Crippen LogP contribution in [0, 0.1) is 0 Å². The number of esters is 1. The van der Waals surface area contributed by atoms with Crippen LogP contribution in [-0.4, -0.2) is 13.1 Å². The lowest BCUT2D eigenvalue weighted by atomic mass is 10.2. The molecule has 1 heterocycles. The first-order chi connectivity index (χ1) is 6.31. The third-order valence-electron chi connectivity index (χ3n) is 1.87. The molecule has 0 bridgehead atoms. The second-order valence-corrected chi connectivity index (χ2v) is 3.61. The van der Waals surface area contributed by atoms with Crippen molar-refractivity contribution in [2.75, 3.05) is 7.11 Å². The fraction of sp³-hybridized carbons (Fsp3) is 0.100. The molecule has 2 nitrogen and oxygen atoms in total. The number of fused-ring (bicyclic) bond motifs is 1. The van der Waals surface area contributed by atoms with Crippen LogP contribution in [0.3, 0.4) is 0 Å². The van der Waals surface area contributed by atoms with Crippen molar-refractivity contribution in [3.05, 3.63) is 35.2 Å². The van der Waals surface area contributed by atoms with E-state index in [1.54, 1.807) is 17.4 Å². The second kappa shape index (κ2) is 3.18. The second-order valence-electron chi connectivity index (χ2n) is 2.66. The number of carbonyl (C=O) groups is 1. The highest BCUT2D eigenvalue weighted by Crippen LogP contribution is 2.21. The summed E-state index contributed by atoms with van der Waals surface area (Å²) >= 11 is 1.66. The molecule has 2 aromatic rings. The first kappa shape index (κ1) is 8.26. The van der Waals surface area contributed by atoms with Crippen molar-refractivity contribution in [1.29, 1.82) is 0 Å². The van der Waals surface area contributed by atoms with Gasteiger partial charge in [-0.15, -0.1) is 11.3 Å². The van der Waals surface area contributed by atoms with E-state index in [1.807, 2.05) is 23.6 Å². The van der Waals surface area contributed by atoms with Crippen molar-refractivity contribution >= 4 is 27.4 Å². The Morgan fingerprint density at radius 3 is 3.00 bits per heavy atom. The zero-order valence-electron chi connectivity index (χ0n) is 7.11. The Morgan fingerprint density at radius 1 is 1.38 bits per heavy atom. The Morgan fingerprint density at radius 2 is 2.23 bits per heavy atom. The molecular weight excluding hydrogens is 184 g/mol. The van der Waals surface area contributed by atoms with Crippen molar-refractivity contribution in [2.45, 2.75) is 0 Å². The molecule has 1 aromatic carbocycles. The minimum atomic E-state index is -0.284. The molecule has 0 aliphatic rings. The summed E-state index contributed by atoms with van der Waals surface area (Å²) in [5.74, 6) is -0.284. The molecule has 2 rings (SSSR count). The van der Waals surface area contributed by atoms with Gasteiger partial charge in [0.25, 0.3) is 0 Å². The minimum absolute atomic E-state index is 0.284. The van der Waals surface area contributed by atoms with Crippen LogP contribution in [0.1, 0.15) is 10.4 Å². The Balaban J connectivity index is 2.54. The number of methoxy groups -OCH3 is 1. The zero-order chi connectivity index (χ0) is 9.26. The molecule has 0 aliphatic carbocycles. The van der Waals surface area contributed by atoms with Crippen LogP contribution in [0.15, 0.2) is 29.6 Å². The first-order valence-corrected chi connectivity index (χ1v) is 4.75. The van der Waals surface area contributed by atoms with Gasteiger partial charge in [0, 0.05) is 4.70 Å². The SMILES string of the molecule is COC(=O)c1ccc2sccc2c1. The lowest BCUT2D eigenvalue weighted by molar-refractivity contribution is 0.0601. The monoisotopic (exact) mass is 192 g/mol. The van der Waals surface area contributed by atoms with Crippen LogP contribution in [0.5, 0.6) is 0 Å². The van der Waals surface area contributed by atoms with E-state index in [1.165, 1.54) is 11.8 Å². The molecule has 66 valence electrons. The Kier molecular flexibility index (Phi) is 2.02. The van der Waals surface area contributed by atoms with Gasteiger partial charge in [-0.05, 0) is 35.0 Å². The van der Waals surface area contributed by atoms with Gasteiger partial charge in [-0.3, -0.25) is 0 Å². The van der Waals surface area contributed by atoms with Gasteiger partial charge in [-0.1, -0.05) is 0 Å². The maximum atomic E-state index is 11.2. The molecule has 0 radical (unpaired) electrons. The van der Waals surface area contributed by atoms with Crippen LogP contribution in [0.4, 0.5) is 0 Å². The number of benzene rings is 1. The van der Waals surface area contributed by atoms with Gasteiger partial charge >= 0.3 is 5.97 Å². The topological polar surface area (TPSA) is 26.3 Å². The largest absolute Gasteiger partial charge is 0.465 e. The summed E-state index contributed by atoms with van der Waals surface area (Å²) in [5.41, 5.74) is 0.605. The van der Waals surface area contributed by atoms with Gasteiger partial charge in [0.05, 0.1) is 12.7 Å². The van der Waals surface area contributed by atoms with Crippen LogP contribution in [0.25, 0.3) is 10.1 Å². The summed E-state index contributed by atoms with van der Waals surface area (Å²) in [6.45, 7) is 0. The molecule has 0 atom stereocenters. The van der Waals surface area contributed by atoms with Crippen LogP contribution >= 0.6 is 11.3 Å². The number of thiophene rings is 1. The fourth-order valence-corrected chi connectivity index (χ4v) is 1.98. The van der Waals surface area contributed by atoms with E-state index in [-0.39, 0.29) is 5.97 Å². The fourth-order valence-electron chi connectivity index (χ4n) is 1.21. The predicted octanol–water partition coefficient (Wildman–Crippen LogP) is 2.69. The predicted molar refractivity (Wildman–Crippen MR) is 53.2 cm³/mol. The summed E-state index contributed by atoms with van der Waals surface area (Å²) in [6, 6.07) is 7.56. The average molecular weight is 192 g/mol. The molecule has 0 spiro atoms. The lowest BCUT2D eigenvalue weighted by Crippen LogP contribution is -1.99. The number of rotatable bonds is 1. The summed E-state index contributed by atoms with van der Waals surface area (Å²) in [7, 11) is 1.39. The van der Waals surface area contributed by atoms with E-state index in [0.29, 0.717) is 5.56 Å². The molecule has 0 saturated heterocycles. The summed E-state index contributed by atoms with van der Waals surface area (Å²) in [5, 5.41) is 3.10. The third kappa shape index (κ3) is 1.42. The van der Waals surface area contributed by atoms with E-state index in [9.17, 15) is 4.79 Å². The smallest absolute Gasteiger partial charge is 0.337 e. The molecular formula is C10H8O2S. The van der Waals surface area contributed by atoms with Crippen molar-refractivity contribution in [1.82, 2.24) is 0 Å². The molecule has 0 amide bonds. The molecule has 1 aromatic heterocycles. The van der Waals surface area contributed by atoms with E-state index < -0.39 is 0 Å². The van der Waals surface area contributed by atoms with Crippen LogP contribution < -0.4 is 0 Å². The minimum Gasteiger partial charge on any atom is -0.465 e. The van der Waals surface area contributed by atoms with Gasteiger partial charge in [-0.25, -0.2) is 4.79 Å². The molecule has 0 fully saturated rings. The average Bonchev–Trinajstić information content (AvgIpc) is 2.63. The third-order valence-corrected chi connectivity index (χ3v) is 2.77. The van der Waals surface area contributed by atoms with E-state index in [0.717, 1.165) is 5.39 Å². The summed E-state index contributed by atoms with van der Waals surface area (Å²) in [6.07, 6.45) is 0. The highest BCUT2D eigenvalue weighted by molar-refractivity contribution is 7.17. The lowest BCUT2D eigenvalue weighted by Gasteiger charge is -1.97. The Labute approximate surface area is 79.8 Å². The van der Waals surface area contributed by atoms with E-state index in [4.69, 9.17) is 0 Å². The van der Waals surface area contributed by atoms with Gasteiger partial charge in [0.1, 0.15) is 0 Å². The van der Waals surface area contributed by atoms with E-state index >= 15 is 0 Å². The van der Waals surface area contributed by atoms with Gasteiger partial charge in [0.15, 0.2) is 0 Å². The standard InChI is InChI=1S/C10H8O2S/c1-12-10(11)8-2-3-9-7(6-8)4-5-13-9/h2-6H,1H3. The number of hydrogen-bond donors (Lipinski definition) is 0. The van der Waals surface area contributed by atoms with E-state index in [2.05, 4.69) is 4.74 Å². The number of hydrogen-bond acceptors (Lipinski definition) is 3. The van der Waals surface area contributed by atoms with Crippen molar-refractivity contribution in [3.8, 4) is 0 Å². The zero-order valence-corrected chi connectivity index (χ0v) is 7.93. The normalized spacial score (nSPS) is 10.2. The van der Waals surface area contributed by atoms with Crippen molar-refractivity contribution < 1.29 is 9.53 Å². The number of carbonyl (C=O) groups excluding carboxylic acids is 1. The highest BCUT2D eigenvalue weighted by atomic mass is 32.1. The van der Waals surface area contributed by atoms with Crippen LogP contribution in [-0.2, 0) is 4.74 Å². The molecule has 0 aliphatic heterocycles. The van der Waals surface area contributed by atoms with Gasteiger partial charge in [0.2, 0.25) is 0 Å². The maximum absolute atomic E-state index is 11.2. The molecule has 0 unspecified atom stereocenters. The van der Waals surface area contributed by atoms with Crippen molar-refractivity contribution in [3.63, 3.8) is 0 Å². The maximum Gasteiger partial charge on any atom is 0.337 e. The molecule has 3 heteroatoms. The Bertz CT molecular complexity index is 445. The molecule has 0 N–H and O–H groups in total. The molecule has 0 saturated carbocycles. The van der Waals surface area contributed by atoms with Gasteiger partial charge < -0.3 is 4.74 Å². The van der Waals surface area contributed by atoms with Gasteiger partial charge in [-0.2, -0.15) is 0 Å². The first-order valence-electron chi connectivity index (χ1n) is 3.87. The summed E-state index contributed by atoms with van der Waals surface area (Å²) < 4.78 is 5.81.